The Bertz CT molecular complexity index is 942. The fourth-order valence-corrected chi connectivity index (χ4v) is 8.74. The molecule has 2 N–H and O–H groups in total. The second-order valence-corrected chi connectivity index (χ2v) is 13.9. The first-order valence-corrected chi connectivity index (χ1v) is 13.6. The second-order valence-electron chi connectivity index (χ2n) is 8.59. The minimum Gasteiger partial charge on any atom is -0.388 e. The molecule has 178 valence electrons. The number of nitrogens with two attached hydrogens (primary N) is 1. The van der Waals surface area contributed by atoms with Crippen LogP contribution in [0.5, 0.6) is 0 Å². The fourth-order valence-electron chi connectivity index (χ4n) is 4.37. The largest absolute Gasteiger partial charge is 0.388 e. The van der Waals surface area contributed by atoms with Crippen molar-refractivity contribution in [2.24, 2.45) is 0 Å². The third kappa shape index (κ3) is 4.38. The lowest BCUT2D eigenvalue weighted by atomic mass is 10.2. The Morgan fingerprint density at radius 3 is 2.66 bits per heavy atom. The summed E-state index contributed by atoms with van der Waals surface area (Å²) in [5.74, 6) is -0.205. The number of anilines is 1. The maximum atomic E-state index is 12.8. The van der Waals surface area contributed by atoms with E-state index in [-0.39, 0.29) is 35.9 Å². The monoisotopic (exact) mass is 489 g/mol. The molecule has 3 atom stereocenters. The van der Waals surface area contributed by atoms with E-state index in [4.69, 9.17) is 24.1 Å². The van der Waals surface area contributed by atoms with Crippen molar-refractivity contribution in [2.45, 2.75) is 75.1 Å². The van der Waals surface area contributed by atoms with E-state index in [0.29, 0.717) is 29.1 Å². The molecule has 2 fully saturated rings. The SMILES string of the molecule is CC(C)[Si]1(C(C)C)OCOC[C@@H]2O[C@@H](n3nc(SCC(F)F)c4c(N)ncnc43)C[C@@H]2O1. The van der Waals surface area contributed by atoms with Crippen molar-refractivity contribution in [3.8, 4) is 0 Å². The molecule has 0 bridgehead atoms. The minimum absolute atomic E-state index is 0.169. The topological polar surface area (TPSA) is 107 Å². The Morgan fingerprint density at radius 1 is 1.22 bits per heavy atom. The zero-order valence-electron chi connectivity index (χ0n) is 18.5. The highest BCUT2D eigenvalue weighted by atomic mass is 32.2. The van der Waals surface area contributed by atoms with Gasteiger partial charge in [-0.2, -0.15) is 5.10 Å². The molecule has 0 aromatic carbocycles. The Balaban J connectivity index is 1.65. The number of nitrogen functional groups attached to an aromatic ring is 1. The molecule has 2 saturated heterocycles. The number of fused-ring (bicyclic) bond motifs is 2. The molecule has 0 radical (unpaired) electrons. The maximum Gasteiger partial charge on any atom is 0.345 e. The third-order valence-corrected chi connectivity index (χ3v) is 11.3. The average molecular weight is 490 g/mol. The quantitative estimate of drug-likeness (QED) is 0.480. The first-order chi connectivity index (χ1) is 15.2. The Labute approximate surface area is 190 Å². The van der Waals surface area contributed by atoms with E-state index in [0.717, 1.165) is 11.8 Å². The van der Waals surface area contributed by atoms with Gasteiger partial charge in [-0.15, -0.1) is 0 Å². The van der Waals surface area contributed by atoms with Crippen LogP contribution >= 0.6 is 11.8 Å². The molecule has 0 amide bonds. The van der Waals surface area contributed by atoms with Gasteiger partial charge in [-0.3, -0.25) is 0 Å². The molecule has 0 unspecified atom stereocenters. The van der Waals surface area contributed by atoms with Crippen molar-refractivity contribution in [3.05, 3.63) is 6.33 Å². The summed E-state index contributed by atoms with van der Waals surface area (Å²) in [7, 11) is -2.59. The van der Waals surface area contributed by atoms with E-state index in [1.165, 1.54) is 6.33 Å². The smallest absolute Gasteiger partial charge is 0.345 e. The summed E-state index contributed by atoms with van der Waals surface area (Å²) < 4.78 is 52.2. The van der Waals surface area contributed by atoms with Gasteiger partial charge in [0.1, 0.15) is 30.1 Å². The summed E-state index contributed by atoms with van der Waals surface area (Å²) in [6.45, 7) is 8.95. The first kappa shape index (κ1) is 23.8. The summed E-state index contributed by atoms with van der Waals surface area (Å²) in [6.07, 6.45) is -1.68. The normalized spacial score (nSPS) is 26.1. The maximum absolute atomic E-state index is 12.8. The van der Waals surface area contributed by atoms with E-state index in [2.05, 4.69) is 42.8 Å². The lowest BCUT2D eigenvalue weighted by Crippen LogP contribution is -2.54. The van der Waals surface area contributed by atoms with Crippen molar-refractivity contribution in [2.75, 3.05) is 24.9 Å². The minimum atomic E-state index is -2.59. The van der Waals surface area contributed by atoms with Gasteiger partial charge in [0.15, 0.2) is 11.9 Å². The molecule has 2 aliphatic heterocycles. The zero-order chi connectivity index (χ0) is 23.0. The number of alkyl halides is 2. The third-order valence-electron chi connectivity index (χ3n) is 5.88. The number of thioether (sulfide) groups is 1. The predicted molar refractivity (Wildman–Crippen MR) is 118 cm³/mol. The van der Waals surface area contributed by atoms with Crippen LogP contribution < -0.4 is 5.73 Å². The average Bonchev–Trinajstić information content (AvgIpc) is 3.27. The van der Waals surface area contributed by atoms with Gasteiger partial charge < -0.3 is 24.1 Å². The molecular formula is C19H29F2N5O4SSi. The van der Waals surface area contributed by atoms with Gasteiger partial charge in [0, 0.05) is 6.42 Å². The molecule has 32 heavy (non-hydrogen) atoms. The first-order valence-electron chi connectivity index (χ1n) is 10.7. The van der Waals surface area contributed by atoms with Gasteiger partial charge >= 0.3 is 8.56 Å². The Morgan fingerprint density at radius 2 is 1.97 bits per heavy atom. The number of rotatable bonds is 6. The number of hydrogen-bond donors (Lipinski definition) is 1. The highest BCUT2D eigenvalue weighted by Crippen LogP contribution is 2.42. The van der Waals surface area contributed by atoms with Gasteiger partial charge in [-0.05, 0) is 11.1 Å². The number of hydrogen-bond acceptors (Lipinski definition) is 9. The van der Waals surface area contributed by atoms with Crippen molar-refractivity contribution in [3.63, 3.8) is 0 Å². The molecule has 13 heteroatoms. The van der Waals surface area contributed by atoms with Gasteiger partial charge in [-0.25, -0.2) is 23.4 Å². The van der Waals surface area contributed by atoms with Crippen LogP contribution in [0.2, 0.25) is 11.1 Å². The number of ether oxygens (including phenoxy) is 2. The van der Waals surface area contributed by atoms with E-state index in [9.17, 15) is 8.78 Å². The Hall–Kier alpha value is -1.38. The molecule has 0 spiro atoms. The summed E-state index contributed by atoms with van der Waals surface area (Å²) in [5.41, 5.74) is 6.92. The molecule has 0 aliphatic carbocycles. The van der Waals surface area contributed by atoms with Gasteiger partial charge in [0.05, 0.1) is 23.8 Å². The summed E-state index contributed by atoms with van der Waals surface area (Å²) >= 11 is 0.925. The fraction of sp³-hybridized carbons (Fsp3) is 0.737. The summed E-state index contributed by atoms with van der Waals surface area (Å²) in [6, 6.07) is 0. The van der Waals surface area contributed by atoms with Crippen molar-refractivity contribution < 1.29 is 27.1 Å². The van der Waals surface area contributed by atoms with Crippen molar-refractivity contribution in [1.82, 2.24) is 19.7 Å². The highest BCUT2D eigenvalue weighted by Gasteiger charge is 2.51. The van der Waals surface area contributed by atoms with Crippen LogP contribution in [-0.4, -0.2) is 66.1 Å². The lowest BCUT2D eigenvalue weighted by Gasteiger charge is -2.41. The molecule has 2 aromatic rings. The van der Waals surface area contributed by atoms with Crippen LogP contribution in [-0.2, 0) is 18.3 Å². The van der Waals surface area contributed by atoms with Crippen LogP contribution in [0.4, 0.5) is 14.6 Å². The molecule has 0 saturated carbocycles. The number of aromatic nitrogens is 4. The molecule has 4 rings (SSSR count). The second kappa shape index (κ2) is 9.47. The van der Waals surface area contributed by atoms with E-state index < -0.39 is 27.0 Å². The van der Waals surface area contributed by atoms with E-state index >= 15 is 0 Å². The van der Waals surface area contributed by atoms with Crippen molar-refractivity contribution >= 4 is 37.2 Å². The van der Waals surface area contributed by atoms with E-state index in [1.54, 1.807) is 4.68 Å². The molecule has 2 aromatic heterocycles. The van der Waals surface area contributed by atoms with Crippen LogP contribution in [0, 0.1) is 0 Å². The molecular weight excluding hydrogens is 460 g/mol. The standard InChI is InChI=1S/C19H29F2N5O4SSi/c1-10(2)32(11(3)4)28-9-27-6-13-12(30-32)5-15(29-13)26-18-16(17(22)23-8-24-18)19(25-26)31-7-14(20)21/h8,10-15H,5-7,9H2,1-4H3,(H2,22,23,24)/t12-,13-,15+/m0/s1. The van der Waals surface area contributed by atoms with Crippen molar-refractivity contribution in [1.29, 1.82) is 0 Å². The summed E-state index contributed by atoms with van der Waals surface area (Å²) in [4.78, 5) is 8.32. The van der Waals surface area contributed by atoms with Crippen LogP contribution in [0.1, 0.15) is 40.3 Å². The summed E-state index contributed by atoms with van der Waals surface area (Å²) in [5, 5.41) is 5.36. The van der Waals surface area contributed by atoms with Crippen LogP contribution in [0.15, 0.2) is 11.4 Å². The molecule has 9 nitrogen and oxygen atoms in total. The van der Waals surface area contributed by atoms with E-state index in [1.807, 2.05) is 0 Å². The highest BCUT2D eigenvalue weighted by molar-refractivity contribution is 7.99. The molecule has 4 heterocycles. The van der Waals surface area contributed by atoms with Gasteiger partial charge in [-0.1, -0.05) is 39.5 Å². The Kier molecular flexibility index (Phi) is 7.03. The number of nitrogens with zero attached hydrogens (tertiary/aromatic N) is 4. The predicted octanol–water partition coefficient (Wildman–Crippen LogP) is 3.70. The molecule has 2 aliphatic rings. The lowest BCUT2D eigenvalue weighted by molar-refractivity contribution is -0.116. The van der Waals surface area contributed by atoms with Crippen LogP contribution in [0.3, 0.4) is 0 Å². The van der Waals surface area contributed by atoms with Gasteiger partial charge in [0.2, 0.25) is 6.43 Å². The zero-order valence-corrected chi connectivity index (χ0v) is 20.3. The van der Waals surface area contributed by atoms with Gasteiger partial charge in [0.25, 0.3) is 0 Å². The van der Waals surface area contributed by atoms with Crippen LogP contribution in [0.25, 0.3) is 11.0 Å². The number of halogens is 2.